The van der Waals surface area contributed by atoms with Crippen molar-refractivity contribution < 1.29 is 14.6 Å². The molecule has 0 spiro atoms. The van der Waals surface area contributed by atoms with E-state index in [0.717, 1.165) is 19.4 Å². The molecule has 0 heterocycles. The van der Waals surface area contributed by atoms with Gasteiger partial charge in [-0.1, -0.05) is 0 Å². The summed E-state index contributed by atoms with van der Waals surface area (Å²) in [4.78, 5) is 0. The second kappa shape index (κ2) is 6.35. The fraction of sp³-hybridized carbons (Fsp3) is 1.00. The third-order valence-corrected chi connectivity index (χ3v) is 2.39. The van der Waals surface area contributed by atoms with Gasteiger partial charge in [0, 0.05) is 13.7 Å². The number of ether oxygens (including phenoxy) is 2. The molecule has 3 heteroatoms. The molecule has 1 aliphatic carbocycles. The number of hydrogen-bond acceptors (Lipinski definition) is 3. The van der Waals surface area contributed by atoms with Crippen molar-refractivity contribution in [2.75, 3.05) is 26.9 Å². The van der Waals surface area contributed by atoms with Gasteiger partial charge in [0.15, 0.2) is 0 Å². The molecule has 1 unspecified atom stereocenters. The van der Waals surface area contributed by atoms with Crippen LogP contribution in [0.3, 0.4) is 0 Å². The largest absolute Gasteiger partial charge is 0.393 e. The molecule has 13 heavy (non-hydrogen) atoms. The smallest absolute Gasteiger partial charge is 0.0700 e. The summed E-state index contributed by atoms with van der Waals surface area (Å²) in [5, 5.41) is 9.51. The van der Waals surface area contributed by atoms with Gasteiger partial charge in [-0.05, 0) is 31.6 Å². The number of aliphatic hydroxyl groups is 1. The number of methoxy groups -OCH3 is 1. The molecule has 1 aliphatic rings. The molecule has 0 aliphatic heterocycles. The lowest BCUT2D eigenvalue weighted by atomic mass is 10.1. The Kier molecular flexibility index (Phi) is 5.35. The van der Waals surface area contributed by atoms with E-state index in [9.17, 15) is 5.11 Å². The maximum atomic E-state index is 9.51. The standard InChI is InChI=1S/C10H20O3/c1-12-7-8-13-6-2-3-10(11)9-4-5-9/h9-11H,2-8H2,1H3. The Labute approximate surface area is 80.0 Å². The summed E-state index contributed by atoms with van der Waals surface area (Å²) >= 11 is 0. The van der Waals surface area contributed by atoms with E-state index in [1.54, 1.807) is 7.11 Å². The van der Waals surface area contributed by atoms with Gasteiger partial charge in [-0.2, -0.15) is 0 Å². The summed E-state index contributed by atoms with van der Waals surface area (Å²) in [5.74, 6) is 0.596. The van der Waals surface area contributed by atoms with Crippen molar-refractivity contribution in [2.24, 2.45) is 5.92 Å². The minimum absolute atomic E-state index is 0.0778. The van der Waals surface area contributed by atoms with E-state index in [1.165, 1.54) is 12.8 Å². The Morgan fingerprint density at radius 2 is 2.08 bits per heavy atom. The first-order chi connectivity index (χ1) is 6.34. The van der Waals surface area contributed by atoms with E-state index in [1.807, 2.05) is 0 Å². The van der Waals surface area contributed by atoms with E-state index in [4.69, 9.17) is 9.47 Å². The molecule has 0 aromatic carbocycles. The third kappa shape index (κ3) is 5.24. The van der Waals surface area contributed by atoms with Crippen molar-refractivity contribution in [3.8, 4) is 0 Å². The van der Waals surface area contributed by atoms with Crippen LogP contribution in [0.25, 0.3) is 0 Å². The SMILES string of the molecule is COCCOCCCC(O)C1CC1. The quantitative estimate of drug-likeness (QED) is 0.582. The van der Waals surface area contributed by atoms with Gasteiger partial charge in [0.2, 0.25) is 0 Å². The van der Waals surface area contributed by atoms with Crippen LogP contribution in [0.1, 0.15) is 25.7 Å². The van der Waals surface area contributed by atoms with Crippen LogP contribution in [0.2, 0.25) is 0 Å². The predicted octanol–water partition coefficient (Wildman–Crippen LogP) is 1.20. The van der Waals surface area contributed by atoms with Gasteiger partial charge >= 0.3 is 0 Å². The molecule has 0 amide bonds. The highest BCUT2D eigenvalue weighted by atomic mass is 16.5. The summed E-state index contributed by atoms with van der Waals surface area (Å²) in [7, 11) is 1.67. The lowest BCUT2D eigenvalue weighted by Gasteiger charge is -2.08. The predicted molar refractivity (Wildman–Crippen MR) is 50.7 cm³/mol. The molecule has 0 aromatic heterocycles. The summed E-state index contributed by atoms with van der Waals surface area (Å²) in [6.45, 7) is 2.06. The summed E-state index contributed by atoms with van der Waals surface area (Å²) in [6.07, 6.45) is 4.20. The zero-order valence-electron chi connectivity index (χ0n) is 8.37. The maximum Gasteiger partial charge on any atom is 0.0700 e. The molecule has 0 aromatic rings. The van der Waals surface area contributed by atoms with E-state index >= 15 is 0 Å². The van der Waals surface area contributed by atoms with Crippen LogP contribution in [0.5, 0.6) is 0 Å². The van der Waals surface area contributed by atoms with Crippen LogP contribution in [-0.4, -0.2) is 38.1 Å². The molecule has 1 saturated carbocycles. The van der Waals surface area contributed by atoms with E-state index in [0.29, 0.717) is 19.1 Å². The highest BCUT2D eigenvalue weighted by molar-refractivity contribution is 4.80. The van der Waals surface area contributed by atoms with Crippen molar-refractivity contribution in [3.05, 3.63) is 0 Å². The Bertz CT molecular complexity index is 123. The fourth-order valence-electron chi connectivity index (χ4n) is 1.36. The normalized spacial score (nSPS) is 18.9. The molecule has 1 N–H and O–H groups in total. The van der Waals surface area contributed by atoms with Crippen molar-refractivity contribution in [2.45, 2.75) is 31.8 Å². The first kappa shape index (κ1) is 11.0. The summed E-state index contributed by atoms with van der Waals surface area (Å²) < 4.78 is 10.1. The van der Waals surface area contributed by atoms with Crippen LogP contribution in [0.15, 0.2) is 0 Å². The van der Waals surface area contributed by atoms with Gasteiger partial charge in [-0.25, -0.2) is 0 Å². The molecule has 0 radical (unpaired) electrons. The lowest BCUT2D eigenvalue weighted by molar-refractivity contribution is 0.0595. The van der Waals surface area contributed by atoms with Crippen molar-refractivity contribution >= 4 is 0 Å². The second-order valence-electron chi connectivity index (χ2n) is 3.65. The topological polar surface area (TPSA) is 38.7 Å². The maximum absolute atomic E-state index is 9.51. The van der Waals surface area contributed by atoms with Gasteiger partial charge in [-0.3, -0.25) is 0 Å². The highest BCUT2D eigenvalue weighted by Gasteiger charge is 2.28. The van der Waals surface area contributed by atoms with Crippen LogP contribution >= 0.6 is 0 Å². The molecule has 1 atom stereocenters. The first-order valence-corrected chi connectivity index (χ1v) is 5.09. The average Bonchev–Trinajstić information content (AvgIpc) is 2.93. The average molecular weight is 188 g/mol. The van der Waals surface area contributed by atoms with Crippen LogP contribution in [0, 0.1) is 5.92 Å². The Hall–Kier alpha value is -0.120. The minimum Gasteiger partial charge on any atom is -0.393 e. The highest BCUT2D eigenvalue weighted by Crippen LogP contribution is 2.34. The lowest BCUT2D eigenvalue weighted by Crippen LogP contribution is -2.11. The zero-order valence-corrected chi connectivity index (χ0v) is 8.37. The minimum atomic E-state index is -0.0778. The van der Waals surface area contributed by atoms with Crippen LogP contribution in [-0.2, 0) is 9.47 Å². The zero-order chi connectivity index (χ0) is 9.52. The van der Waals surface area contributed by atoms with E-state index in [-0.39, 0.29) is 6.10 Å². The molecule has 1 fully saturated rings. The van der Waals surface area contributed by atoms with E-state index in [2.05, 4.69) is 0 Å². The molecular weight excluding hydrogens is 168 g/mol. The Morgan fingerprint density at radius 3 is 2.69 bits per heavy atom. The monoisotopic (exact) mass is 188 g/mol. The second-order valence-corrected chi connectivity index (χ2v) is 3.65. The summed E-state index contributed by atoms with van der Waals surface area (Å²) in [5.41, 5.74) is 0. The van der Waals surface area contributed by atoms with Crippen molar-refractivity contribution in [1.82, 2.24) is 0 Å². The Morgan fingerprint density at radius 1 is 1.31 bits per heavy atom. The van der Waals surface area contributed by atoms with Gasteiger partial charge in [0.1, 0.15) is 0 Å². The molecule has 0 saturated heterocycles. The van der Waals surface area contributed by atoms with Crippen molar-refractivity contribution in [1.29, 1.82) is 0 Å². The molecule has 0 bridgehead atoms. The van der Waals surface area contributed by atoms with Gasteiger partial charge in [0.05, 0.1) is 19.3 Å². The van der Waals surface area contributed by atoms with E-state index < -0.39 is 0 Å². The first-order valence-electron chi connectivity index (χ1n) is 5.09. The summed E-state index contributed by atoms with van der Waals surface area (Å²) in [6, 6.07) is 0. The van der Waals surface area contributed by atoms with Gasteiger partial charge in [-0.15, -0.1) is 0 Å². The van der Waals surface area contributed by atoms with Crippen LogP contribution in [0.4, 0.5) is 0 Å². The fourth-order valence-corrected chi connectivity index (χ4v) is 1.36. The molecule has 1 rings (SSSR count). The van der Waals surface area contributed by atoms with Gasteiger partial charge < -0.3 is 14.6 Å². The van der Waals surface area contributed by atoms with Gasteiger partial charge in [0.25, 0.3) is 0 Å². The molecule has 3 nitrogen and oxygen atoms in total. The molecular formula is C10H20O3. The van der Waals surface area contributed by atoms with Crippen LogP contribution < -0.4 is 0 Å². The number of hydrogen-bond donors (Lipinski definition) is 1. The third-order valence-electron chi connectivity index (χ3n) is 2.39. The Balaban J connectivity index is 1.77. The number of rotatable bonds is 8. The molecule has 78 valence electrons. The van der Waals surface area contributed by atoms with Crippen molar-refractivity contribution in [3.63, 3.8) is 0 Å². The number of aliphatic hydroxyl groups excluding tert-OH is 1.